The third kappa shape index (κ3) is 4.89. The average Bonchev–Trinajstić information content (AvgIpc) is 2.70. The van der Waals surface area contributed by atoms with Crippen LogP contribution in [-0.2, 0) is 14.3 Å². The molecule has 0 saturated carbocycles. The number of Topliss-reactive ketones (excluding diaryl/α,β-unsaturated/α-hetero) is 1. The molecule has 0 aliphatic carbocycles. The van der Waals surface area contributed by atoms with E-state index >= 15 is 0 Å². The first kappa shape index (κ1) is 19.1. The second-order valence-corrected chi connectivity index (χ2v) is 4.98. The lowest BCUT2D eigenvalue weighted by Gasteiger charge is -2.21. The van der Waals surface area contributed by atoms with Gasteiger partial charge in [0.1, 0.15) is 5.75 Å². The number of aliphatic hydroxyl groups is 2. The van der Waals surface area contributed by atoms with Gasteiger partial charge in [-0.1, -0.05) is 0 Å². The summed E-state index contributed by atoms with van der Waals surface area (Å²) in [6.07, 6.45) is -7.62. The van der Waals surface area contributed by atoms with E-state index in [0.29, 0.717) is 0 Å². The number of ketones is 1. The maximum atomic E-state index is 12.2. The van der Waals surface area contributed by atoms with Crippen molar-refractivity contribution in [2.45, 2.75) is 25.9 Å². The fraction of sp³-hybridized carbons (Fsp3) is 0.429. The minimum Gasteiger partial charge on any atom is -0.406 e. The minimum atomic E-state index is -4.94. The Kier molecular flexibility index (Phi) is 5.62. The number of β-amino-alcohol motifs (C(OH)–C–C–N with tert-alkyl or cyclic N) is 1. The molecule has 2 unspecified atom stereocenters. The summed E-state index contributed by atoms with van der Waals surface area (Å²) >= 11 is 0. The Morgan fingerprint density at radius 2 is 1.88 bits per heavy atom. The molecule has 1 heterocycles. The Morgan fingerprint density at radius 1 is 1.20 bits per heavy atom. The van der Waals surface area contributed by atoms with E-state index in [2.05, 4.69) is 9.47 Å². The number of fused-ring (bicyclic) bond motifs is 1. The Balaban J connectivity index is 2.10. The number of aliphatic hydroxyl groups excluding tert-OH is 2. The van der Waals surface area contributed by atoms with Crippen LogP contribution in [-0.4, -0.2) is 54.2 Å². The standard InChI is InChI=1S/C14H14F3NO7/c1-7(19)23-6-24-11(20)5-18-10-3-2-8(25-14(15,16)17)4-9(10)12(21)13(18)22/h2-4,7,11,19-20H,5-6H2,1H3. The van der Waals surface area contributed by atoms with Gasteiger partial charge in [-0.25, -0.2) is 0 Å². The zero-order chi connectivity index (χ0) is 18.8. The molecule has 1 amide bonds. The van der Waals surface area contributed by atoms with E-state index in [0.717, 1.165) is 23.1 Å². The zero-order valence-corrected chi connectivity index (χ0v) is 12.8. The Labute approximate surface area is 139 Å². The van der Waals surface area contributed by atoms with Crippen molar-refractivity contribution in [3.63, 3.8) is 0 Å². The predicted octanol–water partition coefficient (Wildman–Crippen LogP) is 0.762. The van der Waals surface area contributed by atoms with Crippen molar-refractivity contribution in [2.75, 3.05) is 18.2 Å². The molecule has 0 bridgehead atoms. The summed E-state index contributed by atoms with van der Waals surface area (Å²) in [5.41, 5.74) is -0.261. The van der Waals surface area contributed by atoms with Gasteiger partial charge in [0.05, 0.1) is 17.8 Å². The highest BCUT2D eigenvalue weighted by atomic mass is 19.4. The maximum Gasteiger partial charge on any atom is 0.573 e. The molecule has 0 fully saturated rings. The van der Waals surface area contributed by atoms with Gasteiger partial charge < -0.3 is 24.4 Å². The van der Waals surface area contributed by atoms with Crippen LogP contribution in [0.2, 0.25) is 0 Å². The average molecular weight is 365 g/mol. The van der Waals surface area contributed by atoms with Crippen LogP contribution in [0.5, 0.6) is 5.75 Å². The van der Waals surface area contributed by atoms with Crippen LogP contribution >= 0.6 is 0 Å². The van der Waals surface area contributed by atoms with Gasteiger partial charge in [0.2, 0.25) is 0 Å². The van der Waals surface area contributed by atoms with E-state index in [9.17, 15) is 27.9 Å². The van der Waals surface area contributed by atoms with E-state index in [1.165, 1.54) is 6.92 Å². The number of ether oxygens (including phenoxy) is 3. The SMILES string of the molecule is CC(O)OCOC(O)CN1C(=O)C(=O)c2cc(OC(F)(F)F)ccc21. The summed E-state index contributed by atoms with van der Waals surface area (Å²) in [6.45, 7) is 0.384. The topological polar surface area (TPSA) is 106 Å². The monoisotopic (exact) mass is 365 g/mol. The van der Waals surface area contributed by atoms with E-state index < -0.39 is 49.7 Å². The molecule has 2 N–H and O–H groups in total. The fourth-order valence-corrected chi connectivity index (χ4v) is 2.08. The molecular weight excluding hydrogens is 351 g/mol. The van der Waals surface area contributed by atoms with Crippen molar-refractivity contribution < 1.29 is 47.2 Å². The summed E-state index contributed by atoms with van der Waals surface area (Å²) in [6, 6.07) is 2.83. The van der Waals surface area contributed by atoms with Crippen LogP contribution in [0.15, 0.2) is 18.2 Å². The van der Waals surface area contributed by atoms with Crippen molar-refractivity contribution in [3.8, 4) is 5.75 Å². The fourth-order valence-electron chi connectivity index (χ4n) is 2.08. The van der Waals surface area contributed by atoms with E-state index in [1.807, 2.05) is 0 Å². The highest BCUT2D eigenvalue weighted by Gasteiger charge is 2.38. The minimum absolute atomic E-state index is 0.0172. The molecular formula is C14H14F3NO7. The van der Waals surface area contributed by atoms with Gasteiger partial charge in [0, 0.05) is 0 Å². The number of rotatable bonds is 7. The van der Waals surface area contributed by atoms with Gasteiger partial charge in [-0.05, 0) is 25.1 Å². The van der Waals surface area contributed by atoms with Gasteiger partial charge in [0.15, 0.2) is 19.4 Å². The Hall–Kier alpha value is -2.21. The highest BCUT2D eigenvalue weighted by Crippen LogP contribution is 2.34. The number of carbonyl (C=O) groups is 2. The van der Waals surface area contributed by atoms with E-state index in [4.69, 9.17) is 9.84 Å². The van der Waals surface area contributed by atoms with Crippen LogP contribution in [0.3, 0.4) is 0 Å². The number of benzene rings is 1. The predicted molar refractivity (Wildman–Crippen MR) is 74.5 cm³/mol. The highest BCUT2D eigenvalue weighted by molar-refractivity contribution is 6.52. The summed E-state index contributed by atoms with van der Waals surface area (Å²) < 4.78 is 49.8. The summed E-state index contributed by atoms with van der Waals surface area (Å²) in [5.74, 6) is -2.70. The maximum absolute atomic E-state index is 12.2. The van der Waals surface area contributed by atoms with Gasteiger partial charge in [0.25, 0.3) is 11.7 Å². The van der Waals surface area contributed by atoms with Gasteiger partial charge in [-0.15, -0.1) is 13.2 Å². The second-order valence-electron chi connectivity index (χ2n) is 4.98. The number of carbonyl (C=O) groups excluding carboxylic acids is 2. The largest absolute Gasteiger partial charge is 0.573 e. The number of anilines is 1. The smallest absolute Gasteiger partial charge is 0.406 e. The quantitative estimate of drug-likeness (QED) is 0.543. The molecule has 0 radical (unpaired) electrons. The van der Waals surface area contributed by atoms with Crippen molar-refractivity contribution >= 4 is 17.4 Å². The molecule has 2 atom stereocenters. The molecule has 2 rings (SSSR count). The first-order valence-corrected chi connectivity index (χ1v) is 6.94. The van der Waals surface area contributed by atoms with Crippen molar-refractivity contribution in [1.29, 1.82) is 0 Å². The Bertz CT molecular complexity index is 662. The first-order chi connectivity index (χ1) is 11.6. The molecule has 1 aliphatic heterocycles. The molecule has 11 heteroatoms. The van der Waals surface area contributed by atoms with Gasteiger partial charge >= 0.3 is 6.36 Å². The molecule has 1 aromatic rings. The number of halogens is 3. The lowest BCUT2D eigenvalue weighted by molar-refractivity contribution is -0.274. The number of alkyl halides is 3. The van der Waals surface area contributed by atoms with Crippen LogP contribution in [0.1, 0.15) is 17.3 Å². The number of amides is 1. The van der Waals surface area contributed by atoms with E-state index in [1.54, 1.807) is 0 Å². The summed E-state index contributed by atoms with van der Waals surface area (Å²) in [4.78, 5) is 24.7. The van der Waals surface area contributed by atoms with Crippen molar-refractivity contribution in [1.82, 2.24) is 0 Å². The molecule has 0 saturated heterocycles. The van der Waals surface area contributed by atoms with E-state index in [-0.39, 0.29) is 11.3 Å². The van der Waals surface area contributed by atoms with Crippen LogP contribution in [0.25, 0.3) is 0 Å². The van der Waals surface area contributed by atoms with Crippen molar-refractivity contribution in [2.24, 2.45) is 0 Å². The first-order valence-electron chi connectivity index (χ1n) is 6.94. The van der Waals surface area contributed by atoms with Crippen LogP contribution in [0, 0.1) is 0 Å². The third-order valence-corrected chi connectivity index (χ3v) is 3.08. The Morgan fingerprint density at radius 3 is 2.48 bits per heavy atom. The molecule has 0 aromatic heterocycles. The molecule has 8 nitrogen and oxygen atoms in total. The second kappa shape index (κ2) is 7.35. The summed E-state index contributed by atoms with van der Waals surface area (Å²) in [5, 5.41) is 18.6. The van der Waals surface area contributed by atoms with Gasteiger partial charge in [-0.3, -0.25) is 14.5 Å². The number of nitrogens with zero attached hydrogens (tertiary/aromatic N) is 1. The lowest BCUT2D eigenvalue weighted by Crippen LogP contribution is -2.38. The molecule has 1 aromatic carbocycles. The van der Waals surface area contributed by atoms with Crippen LogP contribution in [0.4, 0.5) is 18.9 Å². The number of hydrogen-bond donors (Lipinski definition) is 2. The molecule has 1 aliphatic rings. The molecule has 25 heavy (non-hydrogen) atoms. The third-order valence-electron chi connectivity index (χ3n) is 3.08. The zero-order valence-electron chi connectivity index (χ0n) is 12.8. The van der Waals surface area contributed by atoms with Gasteiger partial charge in [-0.2, -0.15) is 0 Å². The molecule has 0 spiro atoms. The van der Waals surface area contributed by atoms with Crippen molar-refractivity contribution in [3.05, 3.63) is 23.8 Å². The lowest BCUT2D eigenvalue weighted by atomic mass is 10.1. The molecule has 138 valence electrons. The number of hydrogen-bond acceptors (Lipinski definition) is 7. The van der Waals surface area contributed by atoms with Crippen LogP contribution < -0.4 is 9.64 Å². The normalized spacial score (nSPS) is 16.8. The summed E-state index contributed by atoms with van der Waals surface area (Å²) in [7, 11) is 0.